The van der Waals surface area contributed by atoms with Gasteiger partial charge in [0.25, 0.3) is 0 Å². The Hall–Kier alpha value is -4.06. The number of aromatic hydroxyl groups is 1. The van der Waals surface area contributed by atoms with Crippen molar-refractivity contribution in [3.05, 3.63) is 66.2 Å². The zero-order valence-corrected chi connectivity index (χ0v) is 22.9. The predicted octanol–water partition coefficient (Wildman–Crippen LogP) is 5.27. The molecule has 2 aromatic heterocycles. The Balaban J connectivity index is 1.42. The van der Waals surface area contributed by atoms with E-state index in [9.17, 15) is 9.50 Å². The minimum atomic E-state index is -0.903. The van der Waals surface area contributed by atoms with Gasteiger partial charge in [0.1, 0.15) is 28.8 Å². The van der Waals surface area contributed by atoms with Crippen LogP contribution in [0, 0.1) is 17.7 Å². The van der Waals surface area contributed by atoms with E-state index in [4.69, 9.17) is 4.98 Å². The van der Waals surface area contributed by atoms with E-state index in [-0.39, 0.29) is 23.0 Å². The smallest absolute Gasteiger partial charge is 0.175 e. The zero-order chi connectivity index (χ0) is 28.2. The molecular weight excluding hydrogens is 520 g/mol. The van der Waals surface area contributed by atoms with Crippen molar-refractivity contribution in [1.29, 1.82) is 0 Å². The minimum Gasteiger partial charge on any atom is -0.508 e. The molecule has 3 fully saturated rings. The molecule has 2 bridgehead atoms. The molecule has 4 unspecified atom stereocenters. The first-order valence-electron chi connectivity index (χ1n) is 14.1. The van der Waals surface area contributed by atoms with E-state index >= 15 is 4.39 Å². The number of phenols is 1. The molecule has 4 atom stereocenters. The number of pyridine rings is 2. The number of aromatic nitrogens is 2. The summed E-state index contributed by atoms with van der Waals surface area (Å²) in [6.07, 6.45) is 5.07. The van der Waals surface area contributed by atoms with Crippen LogP contribution in [0.1, 0.15) is 30.5 Å². The molecule has 208 valence electrons. The first-order chi connectivity index (χ1) is 19.9. The number of phenolic OH excluding ortho intramolecular Hbond substituents is 1. The highest BCUT2D eigenvalue weighted by molar-refractivity contribution is 6.04. The molecule has 41 heavy (non-hydrogen) atoms. The molecule has 0 radical (unpaired) electrons. The van der Waals surface area contributed by atoms with Crippen molar-refractivity contribution in [2.24, 2.45) is 0 Å². The van der Waals surface area contributed by atoms with Crippen LogP contribution in [0.25, 0.3) is 39.0 Å². The highest BCUT2D eigenvalue weighted by atomic mass is 19.1. The number of likely N-dealkylation sites (tertiary alicyclic amines) is 1. The van der Waals surface area contributed by atoms with Crippen molar-refractivity contribution in [3.8, 4) is 28.8 Å². The van der Waals surface area contributed by atoms with Gasteiger partial charge in [-0.15, -0.1) is 0 Å². The Morgan fingerprint density at radius 1 is 1.15 bits per heavy atom. The number of benzene rings is 2. The molecule has 0 saturated carbocycles. The largest absolute Gasteiger partial charge is 0.508 e. The lowest BCUT2D eigenvalue weighted by atomic mass is 9.96. The number of nitrogens with zero attached hydrogens (tertiary/aromatic N) is 4. The van der Waals surface area contributed by atoms with E-state index in [0.717, 1.165) is 48.0 Å². The third-order valence-electron chi connectivity index (χ3n) is 8.67. The maximum atomic E-state index is 16.6. The van der Waals surface area contributed by atoms with Crippen molar-refractivity contribution in [1.82, 2.24) is 20.2 Å². The maximum absolute atomic E-state index is 16.6. The number of anilines is 1. The van der Waals surface area contributed by atoms with E-state index in [0.29, 0.717) is 41.7 Å². The van der Waals surface area contributed by atoms with Crippen LogP contribution in [0.3, 0.4) is 0 Å². The third-order valence-corrected chi connectivity index (χ3v) is 8.67. The number of hydrogen-bond acceptors (Lipinski definition) is 6. The highest BCUT2D eigenvalue weighted by Gasteiger charge is 2.33. The van der Waals surface area contributed by atoms with Crippen LogP contribution in [0.2, 0.25) is 0 Å². The first kappa shape index (κ1) is 25.9. The number of hydrogen-bond donors (Lipinski definition) is 2. The van der Waals surface area contributed by atoms with Crippen LogP contribution >= 0.6 is 0 Å². The molecule has 3 aliphatic heterocycles. The van der Waals surface area contributed by atoms with Gasteiger partial charge in [-0.2, -0.15) is 0 Å². The van der Waals surface area contributed by atoms with Crippen LogP contribution in [-0.2, 0) is 0 Å². The first-order valence-corrected chi connectivity index (χ1v) is 14.1. The van der Waals surface area contributed by atoms with Gasteiger partial charge in [0.2, 0.25) is 0 Å². The Labute approximate surface area is 237 Å². The molecule has 4 aromatic rings. The molecule has 5 heterocycles. The number of halogens is 2. The second-order valence-corrected chi connectivity index (χ2v) is 11.5. The number of rotatable bonds is 3. The lowest BCUT2D eigenvalue weighted by Crippen LogP contribution is -2.51. The van der Waals surface area contributed by atoms with Crippen molar-refractivity contribution < 1.29 is 13.9 Å². The van der Waals surface area contributed by atoms with Gasteiger partial charge < -0.3 is 15.3 Å². The van der Waals surface area contributed by atoms with Gasteiger partial charge in [-0.05, 0) is 60.3 Å². The fraction of sp³-hybridized carbons (Fsp3) is 0.333. The second kappa shape index (κ2) is 10.1. The Kier molecular flexibility index (Phi) is 6.37. The molecule has 6 nitrogen and oxygen atoms in total. The van der Waals surface area contributed by atoms with Crippen molar-refractivity contribution in [2.45, 2.75) is 43.6 Å². The summed E-state index contributed by atoms with van der Waals surface area (Å²) in [4.78, 5) is 13.5. The molecule has 3 aliphatic rings. The third kappa shape index (κ3) is 4.59. The van der Waals surface area contributed by atoms with Crippen molar-refractivity contribution >= 4 is 33.4 Å². The Morgan fingerprint density at radius 3 is 2.68 bits per heavy atom. The van der Waals surface area contributed by atoms with Gasteiger partial charge in [-0.1, -0.05) is 36.8 Å². The lowest BCUT2D eigenvalue weighted by Gasteiger charge is -2.35. The Bertz CT molecular complexity index is 1750. The van der Waals surface area contributed by atoms with Crippen molar-refractivity contribution in [3.63, 3.8) is 0 Å². The van der Waals surface area contributed by atoms with Gasteiger partial charge in [0.15, 0.2) is 5.82 Å². The number of piperazine rings is 1. The molecule has 0 spiro atoms. The van der Waals surface area contributed by atoms with Gasteiger partial charge in [0.05, 0.1) is 11.7 Å². The normalized spacial score (nSPS) is 24.1. The van der Waals surface area contributed by atoms with Crippen LogP contribution < -0.4 is 10.2 Å². The van der Waals surface area contributed by atoms with E-state index in [1.165, 1.54) is 6.07 Å². The van der Waals surface area contributed by atoms with Gasteiger partial charge in [-0.25, -0.2) is 13.8 Å². The molecule has 0 amide bonds. The summed E-state index contributed by atoms with van der Waals surface area (Å²) in [5.74, 6) is 5.76. The van der Waals surface area contributed by atoms with Gasteiger partial charge >= 0.3 is 0 Å². The standard InChI is InChI=1S/C33H31F2N5O/c1-3-19-5-4-6-20-11-26(41)14-27(30(19)20)32-31(35)33-28(15-36-32)29(40-17-23-7-8-24(18-40)37-23)13-22(38-33)9-10-25-12-21(34)16-39(25)2/h3-6,11,13-15,21,23-25,37,41H,1,7-8,12,16-18H2,2H3. The molecule has 0 aliphatic carbocycles. The van der Waals surface area contributed by atoms with Crippen LogP contribution in [0.4, 0.5) is 14.5 Å². The monoisotopic (exact) mass is 551 g/mol. The Morgan fingerprint density at radius 2 is 1.95 bits per heavy atom. The summed E-state index contributed by atoms with van der Waals surface area (Å²) in [6.45, 7) is 5.89. The van der Waals surface area contributed by atoms with Crippen LogP contribution in [-0.4, -0.2) is 71.0 Å². The molecular formula is C33H31F2N5O. The van der Waals surface area contributed by atoms with Gasteiger partial charge in [-0.3, -0.25) is 9.88 Å². The predicted molar refractivity (Wildman–Crippen MR) is 159 cm³/mol. The van der Waals surface area contributed by atoms with Gasteiger partial charge in [0, 0.05) is 55.3 Å². The van der Waals surface area contributed by atoms with Crippen molar-refractivity contribution in [2.75, 3.05) is 31.6 Å². The highest BCUT2D eigenvalue weighted by Crippen LogP contribution is 2.39. The van der Waals surface area contributed by atoms with Crippen LogP contribution in [0.5, 0.6) is 5.75 Å². The maximum Gasteiger partial charge on any atom is 0.175 e. The molecule has 7 rings (SSSR count). The number of nitrogens with one attached hydrogen (secondary N) is 1. The topological polar surface area (TPSA) is 64.5 Å². The summed E-state index contributed by atoms with van der Waals surface area (Å²) in [6, 6.07) is 11.3. The SMILES string of the molecule is C=Cc1cccc2cc(O)cc(-c3ncc4c(N5CC6CCC(C5)N6)cc(C#CC5CC(F)CN5C)nc4c3F)c12. The van der Waals surface area contributed by atoms with E-state index in [2.05, 4.69) is 33.6 Å². The fourth-order valence-electron chi connectivity index (χ4n) is 6.70. The van der Waals surface area contributed by atoms with E-state index < -0.39 is 12.0 Å². The number of alkyl halides is 1. The lowest BCUT2D eigenvalue weighted by molar-refractivity contribution is 0.313. The van der Waals surface area contributed by atoms with E-state index in [1.54, 1.807) is 18.3 Å². The zero-order valence-electron chi connectivity index (χ0n) is 22.9. The summed E-state index contributed by atoms with van der Waals surface area (Å²) >= 11 is 0. The fourth-order valence-corrected chi connectivity index (χ4v) is 6.70. The number of fused-ring (bicyclic) bond motifs is 4. The molecule has 2 N–H and O–H groups in total. The summed E-state index contributed by atoms with van der Waals surface area (Å²) < 4.78 is 30.6. The molecule has 2 aromatic carbocycles. The summed E-state index contributed by atoms with van der Waals surface area (Å²) in [5, 5.41) is 16.3. The summed E-state index contributed by atoms with van der Waals surface area (Å²) in [5.41, 5.74) is 2.86. The molecule has 3 saturated heterocycles. The summed E-state index contributed by atoms with van der Waals surface area (Å²) in [7, 11) is 1.86. The molecule has 8 heteroatoms. The quantitative estimate of drug-likeness (QED) is 0.338. The minimum absolute atomic E-state index is 0.0198. The average molecular weight is 552 g/mol. The van der Waals surface area contributed by atoms with Crippen LogP contribution in [0.15, 0.2) is 49.2 Å². The van der Waals surface area contributed by atoms with E-state index in [1.807, 2.05) is 36.2 Å². The second-order valence-electron chi connectivity index (χ2n) is 11.5. The average Bonchev–Trinajstić information content (AvgIpc) is 3.48.